The normalized spacial score (nSPS) is 11.4. The lowest BCUT2D eigenvalue weighted by atomic mass is 9.96. The molecule has 0 atom stereocenters. The van der Waals surface area contributed by atoms with Gasteiger partial charge in [-0.25, -0.2) is 0 Å². The highest BCUT2D eigenvalue weighted by Crippen LogP contribution is 2.29. The summed E-state index contributed by atoms with van der Waals surface area (Å²) in [5, 5.41) is 0. The molecule has 1 aromatic rings. The Morgan fingerprint density at radius 2 is 1.78 bits per heavy atom. The van der Waals surface area contributed by atoms with Gasteiger partial charge in [-0.05, 0) is 70.3 Å². The van der Waals surface area contributed by atoms with E-state index in [2.05, 4.69) is 52.6 Å². The van der Waals surface area contributed by atoms with Crippen LogP contribution in [0, 0.1) is 20.8 Å². The van der Waals surface area contributed by atoms with Crippen molar-refractivity contribution in [3.8, 4) is 5.75 Å². The minimum Gasteiger partial charge on any atom is -0.496 e. The molecule has 0 radical (unpaired) electrons. The number of rotatable bonds is 5. The Balaban J connectivity index is 2.98. The Morgan fingerprint density at radius 1 is 1.17 bits per heavy atom. The summed E-state index contributed by atoms with van der Waals surface area (Å²) in [5.41, 5.74) is 5.27. The number of methoxy groups -OCH3 is 1. The van der Waals surface area contributed by atoms with Gasteiger partial charge in [-0.2, -0.15) is 0 Å². The summed E-state index contributed by atoms with van der Waals surface area (Å²) in [6, 6.07) is 2.85. The van der Waals surface area contributed by atoms with Crippen molar-refractivity contribution in [2.45, 2.75) is 47.1 Å². The SMILES string of the molecule is COc1c(C)c(C)cc(C)c1CCN(C)C(C)C. The standard InChI is InChI=1S/C16H27NO/c1-11(2)17(6)9-8-15-13(4)10-12(3)14(5)16(15)18-7/h10-11H,8-9H2,1-7H3. The Labute approximate surface area is 112 Å². The van der Waals surface area contributed by atoms with E-state index in [9.17, 15) is 0 Å². The maximum Gasteiger partial charge on any atom is 0.125 e. The van der Waals surface area contributed by atoms with Crippen molar-refractivity contribution in [2.24, 2.45) is 0 Å². The highest BCUT2D eigenvalue weighted by Gasteiger charge is 2.13. The first kappa shape index (κ1) is 15.0. The third-order valence-corrected chi connectivity index (χ3v) is 3.92. The number of likely N-dealkylation sites (N-methyl/N-ethyl adjacent to an activating group) is 1. The summed E-state index contributed by atoms with van der Waals surface area (Å²) in [4.78, 5) is 2.37. The number of benzene rings is 1. The first-order valence-electron chi connectivity index (χ1n) is 6.72. The Morgan fingerprint density at radius 3 is 2.28 bits per heavy atom. The molecular weight excluding hydrogens is 222 g/mol. The van der Waals surface area contributed by atoms with Crippen LogP contribution < -0.4 is 4.74 Å². The molecule has 0 aliphatic rings. The Hall–Kier alpha value is -1.02. The van der Waals surface area contributed by atoms with E-state index >= 15 is 0 Å². The predicted octanol–water partition coefficient (Wildman–Crippen LogP) is 3.50. The molecule has 0 aliphatic carbocycles. The summed E-state index contributed by atoms with van der Waals surface area (Å²) in [7, 11) is 3.95. The summed E-state index contributed by atoms with van der Waals surface area (Å²) in [5.74, 6) is 1.07. The maximum absolute atomic E-state index is 5.61. The molecule has 0 spiro atoms. The Kier molecular flexibility index (Phi) is 5.21. The molecule has 0 bridgehead atoms. The van der Waals surface area contributed by atoms with E-state index in [1.165, 1.54) is 22.3 Å². The van der Waals surface area contributed by atoms with Gasteiger partial charge < -0.3 is 9.64 Å². The minimum atomic E-state index is 0.586. The van der Waals surface area contributed by atoms with E-state index in [1.54, 1.807) is 7.11 Å². The zero-order chi connectivity index (χ0) is 13.9. The van der Waals surface area contributed by atoms with Gasteiger partial charge in [-0.15, -0.1) is 0 Å². The molecular formula is C16H27NO. The van der Waals surface area contributed by atoms with Crippen LogP contribution in [0.1, 0.15) is 36.1 Å². The fourth-order valence-corrected chi connectivity index (χ4v) is 2.24. The van der Waals surface area contributed by atoms with Gasteiger partial charge in [-0.1, -0.05) is 6.07 Å². The monoisotopic (exact) mass is 249 g/mol. The lowest BCUT2D eigenvalue weighted by Gasteiger charge is -2.23. The molecule has 0 fully saturated rings. The number of aryl methyl sites for hydroxylation is 2. The van der Waals surface area contributed by atoms with Crippen LogP contribution in [0.3, 0.4) is 0 Å². The molecule has 0 aromatic heterocycles. The van der Waals surface area contributed by atoms with Crippen LogP contribution in [0.15, 0.2) is 6.07 Å². The van der Waals surface area contributed by atoms with Gasteiger partial charge in [0.25, 0.3) is 0 Å². The fourth-order valence-electron chi connectivity index (χ4n) is 2.24. The van der Waals surface area contributed by atoms with Gasteiger partial charge in [0.15, 0.2) is 0 Å². The van der Waals surface area contributed by atoms with Crippen molar-refractivity contribution < 1.29 is 4.74 Å². The Bertz CT molecular complexity index is 410. The van der Waals surface area contributed by atoms with E-state index in [1.807, 2.05) is 0 Å². The summed E-state index contributed by atoms with van der Waals surface area (Å²) >= 11 is 0. The molecule has 18 heavy (non-hydrogen) atoms. The molecule has 0 amide bonds. The number of ether oxygens (including phenoxy) is 1. The average molecular weight is 249 g/mol. The van der Waals surface area contributed by atoms with E-state index in [0.717, 1.165) is 18.7 Å². The minimum absolute atomic E-state index is 0.586. The first-order chi connectivity index (χ1) is 8.38. The lowest BCUT2D eigenvalue weighted by molar-refractivity contribution is 0.276. The third kappa shape index (κ3) is 3.26. The van der Waals surface area contributed by atoms with Crippen molar-refractivity contribution >= 4 is 0 Å². The number of nitrogens with zero attached hydrogens (tertiary/aromatic N) is 1. The topological polar surface area (TPSA) is 12.5 Å². The second kappa shape index (κ2) is 6.24. The molecule has 0 heterocycles. The molecule has 1 rings (SSSR count). The zero-order valence-corrected chi connectivity index (χ0v) is 12.9. The molecule has 0 saturated heterocycles. The third-order valence-electron chi connectivity index (χ3n) is 3.92. The molecule has 2 nitrogen and oxygen atoms in total. The molecule has 1 aromatic carbocycles. The highest BCUT2D eigenvalue weighted by atomic mass is 16.5. The first-order valence-corrected chi connectivity index (χ1v) is 6.72. The van der Waals surface area contributed by atoms with Crippen molar-refractivity contribution in [1.82, 2.24) is 4.90 Å². The summed E-state index contributed by atoms with van der Waals surface area (Å²) in [6.07, 6.45) is 1.05. The quantitative estimate of drug-likeness (QED) is 0.792. The van der Waals surface area contributed by atoms with Gasteiger partial charge in [0.2, 0.25) is 0 Å². The average Bonchev–Trinajstić information content (AvgIpc) is 2.31. The van der Waals surface area contributed by atoms with Gasteiger partial charge in [0.1, 0.15) is 5.75 Å². The van der Waals surface area contributed by atoms with Crippen LogP contribution in [-0.2, 0) is 6.42 Å². The molecule has 102 valence electrons. The van der Waals surface area contributed by atoms with E-state index < -0.39 is 0 Å². The van der Waals surface area contributed by atoms with Crippen LogP contribution in [0.25, 0.3) is 0 Å². The smallest absolute Gasteiger partial charge is 0.125 e. The van der Waals surface area contributed by atoms with E-state index in [4.69, 9.17) is 4.74 Å². The molecule has 0 unspecified atom stereocenters. The second-order valence-corrected chi connectivity index (χ2v) is 5.47. The lowest BCUT2D eigenvalue weighted by Crippen LogP contribution is -2.28. The summed E-state index contributed by atoms with van der Waals surface area (Å²) in [6.45, 7) is 12.0. The zero-order valence-electron chi connectivity index (χ0n) is 12.9. The van der Waals surface area contributed by atoms with Crippen LogP contribution in [0.5, 0.6) is 5.75 Å². The second-order valence-electron chi connectivity index (χ2n) is 5.47. The molecule has 2 heteroatoms. The van der Waals surface area contributed by atoms with Gasteiger partial charge >= 0.3 is 0 Å². The van der Waals surface area contributed by atoms with Gasteiger partial charge in [0.05, 0.1) is 7.11 Å². The number of hydrogen-bond acceptors (Lipinski definition) is 2. The van der Waals surface area contributed by atoms with Crippen molar-refractivity contribution in [3.05, 3.63) is 28.3 Å². The summed E-state index contributed by atoms with van der Waals surface area (Å²) < 4.78 is 5.61. The number of hydrogen-bond donors (Lipinski definition) is 0. The van der Waals surface area contributed by atoms with E-state index in [0.29, 0.717) is 6.04 Å². The van der Waals surface area contributed by atoms with Crippen LogP contribution in [-0.4, -0.2) is 31.6 Å². The van der Waals surface area contributed by atoms with E-state index in [-0.39, 0.29) is 0 Å². The fraction of sp³-hybridized carbons (Fsp3) is 0.625. The van der Waals surface area contributed by atoms with Crippen molar-refractivity contribution in [2.75, 3.05) is 20.7 Å². The van der Waals surface area contributed by atoms with Gasteiger partial charge in [0, 0.05) is 12.6 Å². The molecule has 0 saturated carbocycles. The largest absolute Gasteiger partial charge is 0.496 e. The van der Waals surface area contributed by atoms with Crippen LogP contribution in [0.4, 0.5) is 0 Å². The van der Waals surface area contributed by atoms with Crippen molar-refractivity contribution in [3.63, 3.8) is 0 Å². The molecule has 0 N–H and O–H groups in total. The highest BCUT2D eigenvalue weighted by molar-refractivity contribution is 5.49. The predicted molar refractivity (Wildman–Crippen MR) is 78.7 cm³/mol. The molecule has 0 aliphatic heterocycles. The maximum atomic E-state index is 5.61. The van der Waals surface area contributed by atoms with Crippen LogP contribution in [0.2, 0.25) is 0 Å². The van der Waals surface area contributed by atoms with Crippen LogP contribution >= 0.6 is 0 Å². The van der Waals surface area contributed by atoms with Crippen molar-refractivity contribution in [1.29, 1.82) is 0 Å². The van der Waals surface area contributed by atoms with Gasteiger partial charge in [-0.3, -0.25) is 0 Å².